The van der Waals surface area contributed by atoms with Gasteiger partial charge in [-0.3, -0.25) is 0 Å². The summed E-state index contributed by atoms with van der Waals surface area (Å²) in [4.78, 5) is 0.258. The van der Waals surface area contributed by atoms with Crippen LogP contribution in [0.15, 0.2) is 24.3 Å². The Morgan fingerprint density at radius 3 is 2.90 bits per heavy atom. The van der Waals surface area contributed by atoms with Gasteiger partial charge >= 0.3 is 0 Å². The van der Waals surface area contributed by atoms with E-state index in [2.05, 4.69) is 4.72 Å². The van der Waals surface area contributed by atoms with Gasteiger partial charge in [0.1, 0.15) is 4.99 Å². The van der Waals surface area contributed by atoms with E-state index in [0.29, 0.717) is 24.3 Å². The largest absolute Gasteiger partial charge is 0.389 e. The van der Waals surface area contributed by atoms with Crippen molar-refractivity contribution >= 4 is 27.2 Å². The van der Waals surface area contributed by atoms with E-state index in [0.717, 1.165) is 12.8 Å². The average molecular weight is 328 g/mol. The van der Waals surface area contributed by atoms with Gasteiger partial charge in [-0.2, -0.15) is 0 Å². The zero-order valence-corrected chi connectivity index (χ0v) is 13.6. The molecule has 0 spiro atoms. The number of nitrogens with two attached hydrogens (primary N) is 1. The fourth-order valence-electron chi connectivity index (χ4n) is 2.32. The van der Waals surface area contributed by atoms with Crippen LogP contribution in [0.2, 0.25) is 0 Å². The van der Waals surface area contributed by atoms with Crippen LogP contribution in [0.25, 0.3) is 0 Å². The molecule has 1 unspecified atom stereocenters. The normalized spacial score (nSPS) is 22.3. The van der Waals surface area contributed by atoms with E-state index in [1.165, 1.54) is 0 Å². The lowest BCUT2D eigenvalue weighted by atomic mass is 10.0. The predicted octanol–water partition coefficient (Wildman–Crippen LogP) is 1.31. The summed E-state index contributed by atoms with van der Waals surface area (Å²) >= 11 is 4.90. The molecule has 1 aromatic carbocycles. The maximum Gasteiger partial charge on any atom is 0.215 e. The Bertz CT molecular complexity index is 623. The van der Waals surface area contributed by atoms with Crippen molar-refractivity contribution in [2.24, 2.45) is 5.73 Å². The molecule has 2 rings (SSSR count). The second-order valence-electron chi connectivity index (χ2n) is 5.55. The first kappa shape index (κ1) is 16.4. The minimum absolute atomic E-state index is 0.0977. The third-order valence-electron chi connectivity index (χ3n) is 3.53. The first-order chi connectivity index (χ1) is 9.80. The van der Waals surface area contributed by atoms with Crippen molar-refractivity contribution in [2.75, 3.05) is 13.2 Å². The van der Waals surface area contributed by atoms with Crippen LogP contribution < -0.4 is 10.5 Å². The molecule has 1 fully saturated rings. The number of hydrogen-bond acceptors (Lipinski definition) is 4. The van der Waals surface area contributed by atoms with E-state index in [-0.39, 0.29) is 10.7 Å². The predicted molar refractivity (Wildman–Crippen MR) is 86.5 cm³/mol. The summed E-state index contributed by atoms with van der Waals surface area (Å²) in [6, 6.07) is 6.96. The second kappa shape index (κ2) is 6.39. The van der Waals surface area contributed by atoms with Crippen LogP contribution in [0.3, 0.4) is 0 Å². The van der Waals surface area contributed by atoms with E-state index >= 15 is 0 Å². The molecule has 1 aliphatic rings. The molecule has 7 heteroatoms. The van der Waals surface area contributed by atoms with E-state index in [9.17, 15) is 8.42 Å². The summed E-state index contributed by atoms with van der Waals surface area (Å²) in [5, 5.41) is 0. The van der Waals surface area contributed by atoms with Crippen LogP contribution in [0.1, 0.15) is 30.9 Å². The SMILES string of the molecule is CC1(CNS(=O)(=O)Cc2cccc(C(N)=S)c2)CCCO1. The molecule has 0 amide bonds. The van der Waals surface area contributed by atoms with Gasteiger partial charge in [0, 0.05) is 18.7 Å². The maximum atomic E-state index is 12.1. The highest BCUT2D eigenvalue weighted by Gasteiger charge is 2.31. The van der Waals surface area contributed by atoms with Gasteiger partial charge in [0.15, 0.2) is 0 Å². The van der Waals surface area contributed by atoms with Crippen LogP contribution in [0.5, 0.6) is 0 Å². The Balaban J connectivity index is 2.00. The maximum absolute atomic E-state index is 12.1. The molecule has 3 N–H and O–H groups in total. The van der Waals surface area contributed by atoms with Crippen LogP contribution in [0, 0.1) is 0 Å². The first-order valence-corrected chi connectivity index (χ1v) is 8.86. The second-order valence-corrected chi connectivity index (χ2v) is 7.79. The van der Waals surface area contributed by atoms with E-state index in [1.54, 1.807) is 24.3 Å². The summed E-state index contributed by atoms with van der Waals surface area (Å²) in [5.74, 6) is -0.0977. The highest BCUT2D eigenvalue weighted by atomic mass is 32.2. The van der Waals surface area contributed by atoms with Crippen molar-refractivity contribution in [1.82, 2.24) is 4.72 Å². The van der Waals surface area contributed by atoms with E-state index < -0.39 is 15.6 Å². The lowest BCUT2D eigenvalue weighted by molar-refractivity contribution is 0.0250. The smallest absolute Gasteiger partial charge is 0.215 e. The highest BCUT2D eigenvalue weighted by molar-refractivity contribution is 7.88. The summed E-state index contributed by atoms with van der Waals surface area (Å²) in [5.41, 5.74) is 6.49. The lowest BCUT2D eigenvalue weighted by Crippen LogP contribution is -2.40. The molecule has 21 heavy (non-hydrogen) atoms. The van der Waals surface area contributed by atoms with Crippen molar-refractivity contribution in [1.29, 1.82) is 0 Å². The third kappa shape index (κ3) is 4.74. The van der Waals surface area contributed by atoms with Crippen LogP contribution in [0.4, 0.5) is 0 Å². The Morgan fingerprint density at radius 1 is 1.52 bits per heavy atom. The molecule has 1 aliphatic heterocycles. The van der Waals surface area contributed by atoms with Crippen molar-refractivity contribution in [3.8, 4) is 0 Å². The minimum Gasteiger partial charge on any atom is -0.389 e. The first-order valence-electron chi connectivity index (χ1n) is 6.80. The van der Waals surface area contributed by atoms with Crippen LogP contribution in [-0.4, -0.2) is 32.2 Å². The zero-order chi connectivity index (χ0) is 15.5. The van der Waals surface area contributed by atoms with Crippen molar-refractivity contribution in [2.45, 2.75) is 31.1 Å². The molecule has 0 aromatic heterocycles. The van der Waals surface area contributed by atoms with Crippen molar-refractivity contribution in [3.05, 3.63) is 35.4 Å². The van der Waals surface area contributed by atoms with E-state index in [1.807, 2.05) is 6.92 Å². The summed E-state index contributed by atoms with van der Waals surface area (Å²) in [7, 11) is -3.42. The van der Waals surface area contributed by atoms with Gasteiger partial charge in [-0.15, -0.1) is 0 Å². The van der Waals surface area contributed by atoms with Crippen molar-refractivity contribution in [3.63, 3.8) is 0 Å². The number of rotatable bonds is 6. The molecule has 1 saturated heterocycles. The molecule has 0 saturated carbocycles. The number of sulfonamides is 1. The van der Waals surface area contributed by atoms with Gasteiger partial charge in [-0.1, -0.05) is 30.4 Å². The van der Waals surface area contributed by atoms with Gasteiger partial charge in [-0.05, 0) is 31.4 Å². The number of ether oxygens (including phenoxy) is 1. The molecule has 1 heterocycles. The molecule has 116 valence electrons. The molecule has 5 nitrogen and oxygen atoms in total. The van der Waals surface area contributed by atoms with E-state index in [4.69, 9.17) is 22.7 Å². The number of thiocarbonyl (C=S) groups is 1. The Morgan fingerprint density at radius 2 is 2.29 bits per heavy atom. The summed E-state index contributed by atoms with van der Waals surface area (Å²) < 4.78 is 32.5. The van der Waals surface area contributed by atoms with Gasteiger partial charge in [0.25, 0.3) is 0 Å². The van der Waals surface area contributed by atoms with Gasteiger partial charge < -0.3 is 10.5 Å². The summed E-state index contributed by atoms with van der Waals surface area (Å²) in [6.45, 7) is 2.91. The van der Waals surface area contributed by atoms with Gasteiger partial charge in [0.05, 0.1) is 11.4 Å². The zero-order valence-electron chi connectivity index (χ0n) is 12.0. The van der Waals surface area contributed by atoms with Crippen LogP contribution in [-0.2, 0) is 20.5 Å². The number of benzene rings is 1. The number of hydrogen-bond donors (Lipinski definition) is 2. The van der Waals surface area contributed by atoms with Gasteiger partial charge in [-0.25, -0.2) is 13.1 Å². The van der Waals surface area contributed by atoms with Gasteiger partial charge in [0.2, 0.25) is 10.0 Å². The molecular formula is C14H20N2O3S2. The van der Waals surface area contributed by atoms with Crippen molar-refractivity contribution < 1.29 is 13.2 Å². The Hall–Kier alpha value is -1.02. The molecule has 1 atom stereocenters. The standard InChI is InChI=1S/C14H20N2O3S2/c1-14(6-3-7-19-14)10-16-21(17,18)9-11-4-2-5-12(8-11)13(15)20/h2,4-5,8,16H,3,6-7,9-10H2,1H3,(H2,15,20). The Labute approximate surface area is 130 Å². The highest BCUT2D eigenvalue weighted by Crippen LogP contribution is 2.24. The fraction of sp³-hybridized carbons (Fsp3) is 0.500. The molecule has 0 bridgehead atoms. The third-order valence-corrected chi connectivity index (χ3v) is 5.07. The quantitative estimate of drug-likeness (QED) is 0.770. The Kier molecular flexibility index (Phi) is 4.98. The monoisotopic (exact) mass is 328 g/mol. The molecular weight excluding hydrogens is 308 g/mol. The molecule has 0 aliphatic carbocycles. The number of nitrogens with one attached hydrogen (secondary N) is 1. The molecule has 1 aromatic rings. The minimum atomic E-state index is -3.42. The fourth-order valence-corrected chi connectivity index (χ4v) is 3.70. The average Bonchev–Trinajstić information content (AvgIpc) is 2.84. The summed E-state index contributed by atoms with van der Waals surface area (Å²) in [6.07, 6.45) is 1.83. The topological polar surface area (TPSA) is 81.4 Å². The van der Waals surface area contributed by atoms with Crippen LogP contribution >= 0.6 is 12.2 Å². The molecule has 0 radical (unpaired) electrons. The lowest BCUT2D eigenvalue weighted by Gasteiger charge is -2.23.